The number of nitrogens with two attached hydrogens (primary N) is 1. The molecule has 0 saturated carbocycles. The molecular weight excluding hydrogens is 254 g/mol. The maximum absolute atomic E-state index is 12.6. The van der Waals surface area contributed by atoms with Gasteiger partial charge in [-0.1, -0.05) is 24.3 Å². The molecule has 0 aromatic heterocycles. The second-order valence-corrected chi connectivity index (χ2v) is 5.50. The topological polar surface area (TPSA) is 75.4 Å². The normalized spacial score (nSPS) is 25.3. The van der Waals surface area contributed by atoms with Crippen molar-refractivity contribution >= 4 is 11.8 Å². The second-order valence-electron chi connectivity index (χ2n) is 5.50. The van der Waals surface area contributed by atoms with Crippen LogP contribution in [0.4, 0.5) is 0 Å². The van der Waals surface area contributed by atoms with Crippen molar-refractivity contribution in [2.75, 3.05) is 6.54 Å². The van der Waals surface area contributed by atoms with E-state index in [2.05, 4.69) is 17.4 Å². The van der Waals surface area contributed by atoms with Crippen LogP contribution in [-0.4, -0.2) is 35.3 Å². The third-order valence-electron chi connectivity index (χ3n) is 4.24. The van der Waals surface area contributed by atoms with Crippen molar-refractivity contribution in [2.24, 2.45) is 5.73 Å². The number of likely N-dealkylation sites (tertiary alicyclic amines) is 1. The van der Waals surface area contributed by atoms with Crippen LogP contribution in [0.25, 0.3) is 0 Å². The molecule has 5 heteroatoms. The molecule has 1 aromatic carbocycles. The molecule has 2 atom stereocenters. The van der Waals surface area contributed by atoms with Crippen LogP contribution in [0.1, 0.15) is 24.0 Å². The minimum atomic E-state index is -0.429. The molecule has 2 amide bonds. The van der Waals surface area contributed by atoms with Gasteiger partial charge in [0.2, 0.25) is 11.8 Å². The van der Waals surface area contributed by atoms with Crippen LogP contribution in [0.2, 0.25) is 0 Å². The Balaban J connectivity index is 1.74. The van der Waals surface area contributed by atoms with Crippen LogP contribution < -0.4 is 11.1 Å². The Morgan fingerprint density at radius 2 is 2.00 bits per heavy atom. The van der Waals surface area contributed by atoms with Crippen molar-refractivity contribution in [3.05, 3.63) is 35.4 Å². The molecule has 3 rings (SSSR count). The summed E-state index contributed by atoms with van der Waals surface area (Å²) in [5.74, 6) is -0.395. The van der Waals surface area contributed by atoms with Crippen LogP contribution in [0.5, 0.6) is 0 Å². The Labute approximate surface area is 118 Å². The molecule has 2 heterocycles. The maximum Gasteiger partial charge on any atom is 0.240 e. The van der Waals surface area contributed by atoms with E-state index in [4.69, 9.17) is 5.73 Å². The molecule has 5 nitrogen and oxygen atoms in total. The van der Waals surface area contributed by atoms with Gasteiger partial charge in [-0.2, -0.15) is 0 Å². The van der Waals surface area contributed by atoms with E-state index in [1.807, 2.05) is 12.1 Å². The Bertz CT molecular complexity index is 544. The van der Waals surface area contributed by atoms with Gasteiger partial charge in [-0.25, -0.2) is 0 Å². The van der Waals surface area contributed by atoms with E-state index in [1.165, 1.54) is 11.1 Å². The second kappa shape index (κ2) is 5.25. The Morgan fingerprint density at radius 3 is 2.75 bits per heavy atom. The standard InChI is InChI=1S/C15H19N3O2/c16-14(19)13-6-3-7-18(13)15(20)12-8-10-4-1-2-5-11(10)9-17-12/h1-2,4-5,12-13,17H,3,6-9H2,(H2,16,19)/t12-,13?/m1/s1. The smallest absolute Gasteiger partial charge is 0.240 e. The molecule has 0 bridgehead atoms. The molecule has 1 saturated heterocycles. The monoisotopic (exact) mass is 273 g/mol. The third-order valence-corrected chi connectivity index (χ3v) is 4.24. The molecule has 106 valence electrons. The van der Waals surface area contributed by atoms with Crippen molar-refractivity contribution < 1.29 is 9.59 Å². The molecule has 1 unspecified atom stereocenters. The summed E-state index contributed by atoms with van der Waals surface area (Å²) in [4.78, 5) is 25.6. The summed E-state index contributed by atoms with van der Waals surface area (Å²) >= 11 is 0. The van der Waals surface area contributed by atoms with Gasteiger partial charge in [-0.3, -0.25) is 9.59 Å². The number of fused-ring (bicyclic) bond motifs is 1. The zero-order chi connectivity index (χ0) is 14.1. The molecule has 2 aliphatic heterocycles. The van der Waals surface area contributed by atoms with Crippen molar-refractivity contribution in [3.63, 3.8) is 0 Å². The first-order valence-electron chi connectivity index (χ1n) is 7.07. The molecule has 0 aliphatic carbocycles. The van der Waals surface area contributed by atoms with Crippen molar-refractivity contribution in [1.29, 1.82) is 0 Å². The predicted molar refractivity (Wildman–Crippen MR) is 74.7 cm³/mol. The first kappa shape index (κ1) is 13.1. The number of carbonyl (C=O) groups is 2. The summed E-state index contributed by atoms with van der Waals surface area (Å²) in [5, 5.41) is 3.27. The molecule has 1 aromatic rings. The molecule has 20 heavy (non-hydrogen) atoms. The van der Waals surface area contributed by atoms with Crippen molar-refractivity contribution in [1.82, 2.24) is 10.2 Å². The first-order valence-corrected chi connectivity index (χ1v) is 7.07. The minimum Gasteiger partial charge on any atom is -0.368 e. The van der Waals surface area contributed by atoms with Gasteiger partial charge < -0.3 is 16.0 Å². The van der Waals surface area contributed by atoms with Gasteiger partial charge in [0.1, 0.15) is 6.04 Å². The lowest BCUT2D eigenvalue weighted by Crippen LogP contribution is -2.53. The lowest BCUT2D eigenvalue weighted by atomic mass is 9.95. The van der Waals surface area contributed by atoms with E-state index in [0.29, 0.717) is 25.9 Å². The lowest BCUT2D eigenvalue weighted by molar-refractivity contribution is -0.139. The molecular formula is C15H19N3O2. The Morgan fingerprint density at radius 1 is 1.25 bits per heavy atom. The van der Waals surface area contributed by atoms with E-state index < -0.39 is 11.9 Å². The highest BCUT2D eigenvalue weighted by Crippen LogP contribution is 2.22. The van der Waals surface area contributed by atoms with Crippen molar-refractivity contribution in [3.8, 4) is 0 Å². The fraction of sp³-hybridized carbons (Fsp3) is 0.467. The summed E-state index contributed by atoms with van der Waals surface area (Å²) < 4.78 is 0. The summed E-state index contributed by atoms with van der Waals surface area (Å²) in [6.45, 7) is 1.33. The average Bonchev–Trinajstić information content (AvgIpc) is 2.95. The average molecular weight is 273 g/mol. The van der Waals surface area contributed by atoms with Crippen LogP contribution in [0, 0.1) is 0 Å². The number of benzene rings is 1. The fourth-order valence-electron chi connectivity index (χ4n) is 3.16. The molecule has 2 aliphatic rings. The zero-order valence-electron chi connectivity index (χ0n) is 11.3. The van der Waals surface area contributed by atoms with E-state index in [0.717, 1.165) is 6.42 Å². The van der Waals surface area contributed by atoms with Gasteiger partial charge >= 0.3 is 0 Å². The van der Waals surface area contributed by atoms with Crippen LogP contribution in [-0.2, 0) is 22.6 Å². The number of nitrogens with zero attached hydrogens (tertiary/aromatic N) is 1. The maximum atomic E-state index is 12.6. The van der Waals surface area contributed by atoms with Gasteiger partial charge in [0.25, 0.3) is 0 Å². The summed E-state index contributed by atoms with van der Waals surface area (Å²) in [7, 11) is 0. The quantitative estimate of drug-likeness (QED) is 0.807. The highest BCUT2D eigenvalue weighted by molar-refractivity contribution is 5.90. The van der Waals surface area contributed by atoms with Crippen LogP contribution in [0.3, 0.4) is 0 Å². The Hall–Kier alpha value is -1.88. The zero-order valence-corrected chi connectivity index (χ0v) is 11.3. The SMILES string of the molecule is NC(=O)C1CCCN1C(=O)[C@H]1Cc2ccccc2CN1. The first-order chi connectivity index (χ1) is 9.66. The molecule has 0 spiro atoms. The van der Waals surface area contributed by atoms with Gasteiger partial charge in [0.15, 0.2) is 0 Å². The van der Waals surface area contributed by atoms with Crippen LogP contribution in [0.15, 0.2) is 24.3 Å². The summed E-state index contributed by atoms with van der Waals surface area (Å²) in [6.07, 6.45) is 2.21. The van der Waals surface area contributed by atoms with Gasteiger partial charge in [-0.15, -0.1) is 0 Å². The number of nitrogens with one attached hydrogen (secondary N) is 1. The molecule has 3 N–H and O–H groups in total. The summed E-state index contributed by atoms with van der Waals surface area (Å²) in [5.41, 5.74) is 7.83. The minimum absolute atomic E-state index is 0.000744. The number of primary amides is 1. The van der Waals surface area contributed by atoms with Crippen molar-refractivity contribution in [2.45, 2.75) is 37.9 Å². The van der Waals surface area contributed by atoms with E-state index in [9.17, 15) is 9.59 Å². The number of hydrogen-bond acceptors (Lipinski definition) is 3. The van der Waals surface area contributed by atoms with Gasteiger partial charge in [0.05, 0.1) is 6.04 Å². The third kappa shape index (κ3) is 2.29. The highest BCUT2D eigenvalue weighted by atomic mass is 16.2. The number of rotatable bonds is 2. The van der Waals surface area contributed by atoms with Crippen LogP contribution >= 0.6 is 0 Å². The molecule has 1 fully saturated rings. The van der Waals surface area contributed by atoms with E-state index >= 15 is 0 Å². The number of carbonyl (C=O) groups excluding carboxylic acids is 2. The largest absolute Gasteiger partial charge is 0.368 e. The van der Waals surface area contributed by atoms with E-state index in [1.54, 1.807) is 4.90 Å². The highest BCUT2D eigenvalue weighted by Gasteiger charge is 2.36. The predicted octanol–water partition coefficient (Wildman–Crippen LogP) is 0.177. The van der Waals surface area contributed by atoms with E-state index in [-0.39, 0.29) is 11.9 Å². The number of amides is 2. The fourth-order valence-corrected chi connectivity index (χ4v) is 3.16. The Kier molecular flexibility index (Phi) is 3.44. The van der Waals surface area contributed by atoms with Gasteiger partial charge in [0, 0.05) is 13.1 Å². The summed E-state index contributed by atoms with van der Waals surface area (Å²) in [6, 6.07) is 7.46. The van der Waals surface area contributed by atoms with Gasteiger partial charge in [-0.05, 0) is 30.4 Å². The lowest BCUT2D eigenvalue weighted by Gasteiger charge is -2.31. The molecule has 0 radical (unpaired) electrons. The number of hydrogen-bond donors (Lipinski definition) is 2.